The normalized spacial score (nSPS) is 11.3. The van der Waals surface area contributed by atoms with E-state index < -0.39 is 15.9 Å². The zero-order valence-corrected chi connectivity index (χ0v) is 11.2. The van der Waals surface area contributed by atoms with Gasteiger partial charge in [-0.15, -0.1) is 0 Å². The molecule has 1 amide bonds. The van der Waals surface area contributed by atoms with Gasteiger partial charge in [0.25, 0.3) is 0 Å². The lowest BCUT2D eigenvalue weighted by Crippen LogP contribution is -2.35. The number of hydrogen-bond acceptors (Lipinski definition) is 4. The molecular formula is C11H17N3O3S. The Labute approximate surface area is 107 Å². The van der Waals surface area contributed by atoms with E-state index in [0.29, 0.717) is 5.56 Å². The van der Waals surface area contributed by atoms with Gasteiger partial charge in [0.2, 0.25) is 15.9 Å². The maximum atomic E-state index is 12.0. The Morgan fingerprint density at radius 1 is 1.39 bits per heavy atom. The first-order chi connectivity index (χ1) is 8.40. The smallest absolute Gasteiger partial charge is 0.241 e. The van der Waals surface area contributed by atoms with Crippen LogP contribution in [0.1, 0.15) is 11.1 Å². The fraction of sp³-hybridized carbons (Fsp3) is 0.364. The highest BCUT2D eigenvalue weighted by molar-refractivity contribution is 7.89. The summed E-state index contributed by atoms with van der Waals surface area (Å²) in [6, 6.07) is 4.98. The molecule has 0 aliphatic carbocycles. The second-order valence-electron chi connectivity index (χ2n) is 3.80. The van der Waals surface area contributed by atoms with Gasteiger partial charge in [0.05, 0.1) is 11.4 Å². The lowest BCUT2D eigenvalue weighted by Gasteiger charge is -2.10. The summed E-state index contributed by atoms with van der Waals surface area (Å²) >= 11 is 0. The molecule has 100 valence electrons. The molecule has 0 aromatic heterocycles. The van der Waals surface area contributed by atoms with Crippen LogP contribution in [0.25, 0.3) is 0 Å². The topological polar surface area (TPSA) is 101 Å². The summed E-state index contributed by atoms with van der Waals surface area (Å²) in [4.78, 5) is 11.2. The molecule has 0 unspecified atom stereocenters. The van der Waals surface area contributed by atoms with Crippen LogP contribution < -0.4 is 15.8 Å². The summed E-state index contributed by atoms with van der Waals surface area (Å²) in [6.45, 7) is 1.66. The Hall–Kier alpha value is -1.44. The molecule has 1 rings (SSSR count). The van der Waals surface area contributed by atoms with Gasteiger partial charge in [-0.05, 0) is 24.1 Å². The number of nitrogens with one attached hydrogen (secondary N) is 2. The van der Waals surface area contributed by atoms with E-state index in [0.717, 1.165) is 5.56 Å². The molecule has 0 aliphatic rings. The van der Waals surface area contributed by atoms with E-state index in [1.54, 1.807) is 19.1 Å². The first kappa shape index (κ1) is 14.6. The average Bonchev–Trinajstić information content (AvgIpc) is 2.36. The molecule has 0 radical (unpaired) electrons. The van der Waals surface area contributed by atoms with Crippen molar-refractivity contribution in [2.24, 2.45) is 5.73 Å². The molecule has 6 nitrogen and oxygen atoms in total. The van der Waals surface area contributed by atoms with Crippen molar-refractivity contribution in [3.63, 3.8) is 0 Å². The molecular weight excluding hydrogens is 254 g/mol. The fourth-order valence-corrected chi connectivity index (χ4v) is 2.66. The summed E-state index contributed by atoms with van der Waals surface area (Å²) in [7, 11) is -2.25. The van der Waals surface area contributed by atoms with Crippen LogP contribution in [0.15, 0.2) is 23.1 Å². The van der Waals surface area contributed by atoms with Crippen molar-refractivity contribution in [3.8, 4) is 0 Å². The van der Waals surface area contributed by atoms with Crippen LogP contribution in [0.3, 0.4) is 0 Å². The maximum absolute atomic E-state index is 12.0. The third-order valence-corrected chi connectivity index (χ3v) is 4.02. The van der Waals surface area contributed by atoms with Crippen molar-refractivity contribution >= 4 is 15.9 Å². The van der Waals surface area contributed by atoms with Gasteiger partial charge < -0.3 is 11.1 Å². The predicted molar refractivity (Wildman–Crippen MR) is 68.3 cm³/mol. The molecule has 0 atom stereocenters. The van der Waals surface area contributed by atoms with Crippen molar-refractivity contribution in [2.45, 2.75) is 18.4 Å². The minimum Gasteiger partial charge on any atom is -0.358 e. The second kappa shape index (κ2) is 5.94. The summed E-state index contributed by atoms with van der Waals surface area (Å²) in [5.41, 5.74) is 6.81. The van der Waals surface area contributed by atoms with Gasteiger partial charge in [0.1, 0.15) is 0 Å². The standard InChI is InChI=1S/C11H17N3O3S/c1-8-3-4-9(6-12)5-10(8)18(16,17)14-7-11(15)13-2/h3-5,14H,6-7,12H2,1-2H3,(H,13,15). The highest BCUT2D eigenvalue weighted by Crippen LogP contribution is 2.16. The van der Waals surface area contributed by atoms with Crippen molar-refractivity contribution in [2.75, 3.05) is 13.6 Å². The largest absolute Gasteiger partial charge is 0.358 e. The summed E-state index contributed by atoms with van der Waals surface area (Å²) in [6.07, 6.45) is 0. The summed E-state index contributed by atoms with van der Waals surface area (Å²) in [5, 5.41) is 2.34. The molecule has 0 spiro atoms. The summed E-state index contributed by atoms with van der Waals surface area (Å²) in [5.74, 6) is -0.397. The Kier molecular flexibility index (Phi) is 4.83. The second-order valence-corrected chi connectivity index (χ2v) is 5.54. The molecule has 0 heterocycles. The van der Waals surface area contributed by atoms with Crippen LogP contribution in [0.2, 0.25) is 0 Å². The van der Waals surface area contributed by atoms with Gasteiger partial charge in [0, 0.05) is 13.6 Å². The first-order valence-electron chi connectivity index (χ1n) is 5.40. The van der Waals surface area contributed by atoms with E-state index in [1.165, 1.54) is 13.1 Å². The molecule has 0 saturated carbocycles. The van der Waals surface area contributed by atoms with Crippen LogP contribution in [-0.4, -0.2) is 27.9 Å². The molecule has 4 N–H and O–H groups in total. The molecule has 0 aliphatic heterocycles. The van der Waals surface area contributed by atoms with Crippen molar-refractivity contribution < 1.29 is 13.2 Å². The van der Waals surface area contributed by atoms with Crippen LogP contribution in [0.4, 0.5) is 0 Å². The van der Waals surface area contributed by atoms with E-state index in [9.17, 15) is 13.2 Å². The minimum absolute atomic E-state index is 0.148. The SMILES string of the molecule is CNC(=O)CNS(=O)(=O)c1cc(CN)ccc1C. The number of carbonyl (C=O) groups is 1. The Morgan fingerprint density at radius 2 is 2.06 bits per heavy atom. The Morgan fingerprint density at radius 3 is 2.61 bits per heavy atom. The number of benzene rings is 1. The first-order valence-corrected chi connectivity index (χ1v) is 6.89. The molecule has 0 saturated heterocycles. The van der Waals surface area contributed by atoms with E-state index >= 15 is 0 Å². The number of aryl methyl sites for hydroxylation is 1. The fourth-order valence-electron chi connectivity index (χ4n) is 1.39. The average molecular weight is 271 g/mol. The van der Waals surface area contributed by atoms with Crippen molar-refractivity contribution in [3.05, 3.63) is 29.3 Å². The van der Waals surface area contributed by atoms with Gasteiger partial charge in [-0.3, -0.25) is 4.79 Å². The van der Waals surface area contributed by atoms with Crippen LogP contribution in [0.5, 0.6) is 0 Å². The molecule has 1 aromatic rings. The van der Waals surface area contributed by atoms with E-state index in [4.69, 9.17) is 5.73 Å². The number of nitrogens with two attached hydrogens (primary N) is 1. The Bertz CT molecular complexity index is 540. The van der Waals surface area contributed by atoms with Crippen LogP contribution in [0, 0.1) is 6.92 Å². The van der Waals surface area contributed by atoms with Gasteiger partial charge in [0.15, 0.2) is 0 Å². The van der Waals surface area contributed by atoms with Gasteiger partial charge in [-0.25, -0.2) is 13.1 Å². The highest BCUT2D eigenvalue weighted by atomic mass is 32.2. The number of carbonyl (C=O) groups excluding carboxylic acids is 1. The molecule has 0 bridgehead atoms. The van der Waals surface area contributed by atoms with E-state index in [1.807, 2.05) is 0 Å². The van der Waals surface area contributed by atoms with Crippen molar-refractivity contribution in [1.82, 2.24) is 10.0 Å². The van der Waals surface area contributed by atoms with Crippen LogP contribution >= 0.6 is 0 Å². The third kappa shape index (κ3) is 3.52. The van der Waals surface area contributed by atoms with Gasteiger partial charge >= 0.3 is 0 Å². The minimum atomic E-state index is -3.70. The number of likely N-dealkylation sites (N-methyl/N-ethyl adjacent to an activating group) is 1. The number of amides is 1. The molecule has 18 heavy (non-hydrogen) atoms. The van der Waals surface area contributed by atoms with Crippen LogP contribution in [-0.2, 0) is 21.4 Å². The zero-order chi connectivity index (χ0) is 13.8. The molecule has 0 fully saturated rings. The highest BCUT2D eigenvalue weighted by Gasteiger charge is 2.17. The van der Waals surface area contributed by atoms with Gasteiger partial charge in [-0.1, -0.05) is 12.1 Å². The predicted octanol–water partition coefficient (Wildman–Crippen LogP) is -0.522. The van der Waals surface area contributed by atoms with E-state index in [-0.39, 0.29) is 18.0 Å². The monoisotopic (exact) mass is 271 g/mol. The number of rotatable bonds is 5. The summed E-state index contributed by atoms with van der Waals surface area (Å²) < 4.78 is 26.3. The quantitative estimate of drug-likeness (QED) is 0.670. The zero-order valence-electron chi connectivity index (χ0n) is 10.4. The lowest BCUT2D eigenvalue weighted by atomic mass is 10.1. The third-order valence-electron chi connectivity index (χ3n) is 2.48. The van der Waals surface area contributed by atoms with Gasteiger partial charge in [-0.2, -0.15) is 0 Å². The maximum Gasteiger partial charge on any atom is 0.241 e. The Balaban J connectivity index is 3.00. The van der Waals surface area contributed by atoms with Crippen molar-refractivity contribution in [1.29, 1.82) is 0 Å². The van der Waals surface area contributed by atoms with E-state index in [2.05, 4.69) is 10.0 Å². The molecule has 7 heteroatoms. The lowest BCUT2D eigenvalue weighted by molar-refractivity contribution is -0.119. The number of sulfonamides is 1. The number of hydrogen-bond donors (Lipinski definition) is 3. The molecule has 1 aromatic carbocycles.